The third-order valence-electron chi connectivity index (χ3n) is 2.47. The Kier molecular flexibility index (Phi) is 6.68. The fourth-order valence-corrected chi connectivity index (χ4v) is 1.93. The van der Waals surface area contributed by atoms with Crippen molar-refractivity contribution in [2.45, 2.75) is 13.0 Å². The molecule has 0 aliphatic carbocycles. The van der Waals surface area contributed by atoms with Crippen LogP contribution in [0.15, 0.2) is 41.4 Å². The summed E-state index contributed by atoms with van der Waals surface area (Å²) in [5.41, 5.74) is 0.709. The Bertz CT molecular complexity index is 569. The lowest BCUT2D eigenvalue weighted by Gasteiger charge is -2.15. The molecule has 112 valence electrons. The molecule has 1 rings (SSSR count). The van der Waals surface area contributed by atoms with Crippen LogP contribution in [-0.4, -0.2) is 29.6 Å². The van der Waals surface area contributed by atoms with E-state index in [4.69, 9.17) is 9.84 Å². The first kappa shape index (κ1) is 17.0. The van der Waals surface area contributed by atoms with E-state index in [0.29, 0.717) is 22.3 Å². The van der Waals surface area contributed by atoms with Gasteiger partial charge in [0.2, 0.25) is 0 Å². The van der Waals surface area contributed by atoms with E-state index in [1.165, 1.54) is 6.08 Å². The summed E-state index contributed by atoms with van der Waals surface area (Å²) < 4.78 is 6.19. The van der Waals surface area contributed by atoms with Crippen molar-refractivity contribution in [3.63, 3.8) is 0 Å². The van der Waals surface area contributed by atoms with Gasteiger partial charge in [-0.3, -0.25) is 4.79 Å². The molecule has 2 N–H and O–H groups in total. The van der Waals surface area contributed by atoms with Crippen LogP contribution in [0, 0.1) is 0 Å². The van der Waals surface area contributed by atoms with Crippen LogP contribution >= 0.6 is 15.9 Å². The van der Waals surface area contributed by atoms with E-state index in [2.05, 4.69) is 27.8 Å². The van der Waals surface area contributed by atoms with Crippen molar-refractivity contribution < 1.29 is 19.4 Å². The zero-order valence-electron chi connectivity index (χ0n) is 11.5. The van der Waals surface area contributed by atoms with E-state index < -0.39 is 12.1 Å². The molecule has 0 heterocycles. The number of carboxylic acids is 1. The number of hydrogen-bond acceptors (Lipinski definition) is 3. The normalized spacial score (nSPS) is 11.9. The van der Waals surface area contributed by atoms with Gasteiger partial charge in [-0.2, -0.15) is 0 Å². The number of hydrogen-bond donors (Lipinski definition) is 2. The Balaban J connectivity index is 2.74. The maximum absolute atomic E-state index is 11.7. The standard InChI is InChI=1S/C15H16BrNO4/c1-3-8-17-15(20)10(2)21-13-6-4-11(9-12(13)16)5-7-14(18)19/h3-7,9-10H,1,8H2,2H3,(H,17,20)(H,18,19). The maximum Gasteiger partial charge on any atom is 0.328 e. The van der Waals surface area contributed by atoms with Crippen molar-refractivity contribution in [1.29, 1.82) is 0 Å². The number of carboxylic acid groups (broad SMARTS) is 1. The third-order valence-corrected chi connectivity index (χ3v) is 3.09. The number of carbonyl (C=O) groups excluding carboxylic acids is 1. The molecular weight excluding hydrogens is 338 g/mol. The van der Waals surface area contributed by atoms with Crippen molar-refractivity contribution in [3.05, 3.63) is 47.0 Å². The second-order valence-corrected chi connectivity index (χ2v) is 5.01. The number of nitrogens with one attached hydrogen (secondary N) is 1. The van der Waals surface area contributed by atoms with Gasteiger partial charge in [0.1, 0.15) is 5.75 Å². The lowest BCUT2D eigenvalue weighted by atomic mass is 10.2. The molecule has 1 aromatic carbocycles. The van der Waals surface area contributed by atoms with E-state index in [0.717, 1.165) is 6.08 Å². The molecule has 1 aromatic rings. The topological polar surface area (TPSA) is 75.6 Å². The molecule has 5 nitrogen and oxygen atoms in total. The highest BCUT2D eigenvalue weighted by Crippen LogP contribution is 2.27. The summed E-state index contributed by atoms with van der Waals surface area (Å²) in [6, 6.07) is 5.08. The molecule has 1 atom stereocenters. The molecule has 0 saturated carbocycles. The van der Waals surface area contributed by atoms with Gasteiger partial charge in [-0.05, 0) is 46.6 Å². The van der Waals surface area contributed by atoms with Crippen LogP contribution in [0.25, 0.3) is 6.08 Å². The molecule has 0 aliphatic rings. The summed E-state index contributed by atoms with van der Waals surface area (Å²) in [6.07, 6.45) is 3.45. The van der Waals surface area contributed by atoms with Crippen LogP contribution in [0.2, 0.25) is 0 Å². The summed E-state index contributed by atoms with van der Waals surface area (Å²) in [6.45, 7) is 5.54. The second kappa shape index (κ2) is 8.26. The van der Waals surface area contributed by atoms with E-state index in [1.807, 2.05) is 0 Å². The third kappa shape index (κ3) is 5.83. The lowest BCUT2D eigenvalue weighted by molar-refractivity contribution is -0.131. The number of rotatable bonds is 7. The predicted molar refractivity (Wildman–Crippen MR) is 84.1 cm³/mol. The Morgan fingerprint density at radius 3 is 2.81 bits per heavy atom. The highest BCUT2D eigenvalue weighted by Gasteiger charge is 2.15. The number of halogens is 1. The molecule has 0 aliphatic heterocycles. The second-order valence-electron chi connectivity index (χ2n) is 4.16. The van der Waals surface area contributed by atoms with Crippen molar-refractivity contribution in [1.82, 2.24) is 5.32 Å². The summed E-state index contributed by atoms with van der Waals surface area (Å²) in [4.78, 5) is 22.1. The van der Waals surface area contributed by atoms with E-state index in [-0.39, 0.29) is 5.91 Å². The zero-order chi connectivity index (χ0) is 15.8. The number of carbonyl (C=O) groups is 2. The largest absolute Gasteiger partial charge is 0.480 e. The van der Waals surface area contributed by atoms with Gasteiger partial charge >= 0.3 is 5.97 Å². The van der Waals surface area contributed by atoms with Gasteiger partial charge in [-0.25, -0.2) is 4.79 Å². The smallest absolute Gasteiger partial charge is 0.328 e. The average Bonchev–Trinajstić information content (AvgIpc) is 2.44. The summed E-state index contributed by atoms with van der Waals surface area (Å²) in [5.74, 6) is -0.751. The predicted octanol–water partition coefficient (Wildman–Crippen LogP) is 2.62. The average molecular weight is 354 g/mol. The Labute approximate surface area is 131 Å². The molecule has 0 saturated heterocycles. The summed E-state index contributed by atoms with van der Waals surface area (Å²) in [7, 11) is 0. The molecule has 0 bridgehead atoms. The van der Waals surface area contributed by atoms with Crippen molar-refractivity contribution >= 4 is 33.9 Å². The monoisotopic (exact) mass is 353 g/mol. The van der Waals surface area contributed by atoms with Gasteiger partial charge in [0.25, 0.3) is 5.91 Å². The quantitative estimate of drug-likeness (QED) is 0.583. The molecule has 1 unspecified atom stereocenters. The van der Waals surface area contributed by atoms with Crippen LogP contribution in [0.4, 0.5) is 0 Å². The fourth-order valence-electron chi connectivity index (χ4n) is 1.44. The van der Waals surface area contributed by atoms with E-state index in [9.17, 15) is 9.59 Å². The van der Waals surface area contributed by atoms with Crippen molar-refractivity contribution in [3.8, 4) is 5.75 Å². The summed E-state index contributed by atoms with van der Waals surface area (Å²) in [5, 5.41) is 11.2. The van der Waals surface area contributed by atoms with Gasteiger partial charge in [-0.1, -0.05) is 12.1 Å². The van der Waals surface area contributed by atoms with Gasteiger partial charge in [0.05, 0.1) is 4.47 Å². The zero-order valence-corrected chi connectivity index (χ0v) is 13.1. The Morgan fingerprint density at radius 1 is 1.52 bits per heavy atom. The minimum atomic E-state index is -1.01. The maximum atomic E-state index is 11.7. The van der Waals surface area contributed by atoms with E-state index in [1.54, 1.807) is 31.2 Å². The first-order valence-electron chi connectivity index (χ1n) is 6.20. The SMILES string of the molecule is C=CCNC(=O)C(C)Oc1ccc(C=CC(=O)O)cc1Br. The fraction of sp³-hybridized carbons (Fsp3) is 0.200. The molecule has 1 amide bonds. The molecule has 21 heavy (non-hydrogen) atoms. The number of aliphatic carboxylic acids is 1. The van der Waals surface area contributed by atoms with Crippen LogP contribution in [-0.2, 0) is 9.59 Å². The van der Waals surface area contributed by atoms with Crippen LogP contribution in [0.3, 0.4) is 0 Å². The molecule has 0 spiro atoms. The Morgan fingerprint density at radius 2 is 2.24 bits per heavy atom. The van der Waals surface area contributed by atoms with Gasteiger partial charge in [0.15, 0.2) is 6.10 Å². The first-order chi connectivity index (χ1) is 9.93. The number of ether oxygens (including phenoxy) is 1. The molecular formula is C15H16BrNO4. The lowest BCUT2D eigenvalue weighted by Crippen LogP contribution is -2.36. The van der Waals surface area contributed by atoms with Crippen molar-refractivity contribution in [2.75, 3.05) is 6.54 Å². The number of benzene rings is 1. The highest BCUT2D eigenvalue weighted by atomic mass is 79.9. The van der Waals surface area contributed by atoms with Gasteiger partial charge in [0, 0.05) is 12.6 Å². The van der Waals surface area contributed by atoms with E-state index >= 15 is 0 Å². The highest BCUT2D eigenvalue weighted by molar-refractivity contribution is 9.10. The van der Waals surface area contributed by atoms with Crippen molar-refractivity contribution in [2.24, 2.45) is 0 Å². The van der Waals surface area contributed by atoms with Crippen LogP contribution in [0.5, 0.6) is 5.75 Å². The van der Waals surface area contributed by atoms with Gasteiger partial charge < -0.3 is 15.2 Å². The molecule has 0 aromatic heterocycles. The molecule has 0 fully saturated rings. The minimum absolute atomic E-state index is 0.239. The number of amides is 1. The van der Waals surface area contributed by atoms with Crippen LogP contribution < -0.4 is 10.1 Å². The first-order valence-corrected chi connectivity index (χ1v) is 6.99. The minimum Gasteiger partial charge on any atom is -0.480 e. The van der Waals surface area contributed by atoms with Crippen LogP contribution in [0.1, 0.15) is 12.5 Å². The van der Waals surface area contributed by atoms with Gasteiger partial charge in [-0.15, -0.1) is 6.58 Å². The molecule has 0 radical (unpaired) electrons. The Hall–Kier alpha value is -2.08. The summed E-state index contributed by atoms with van der Waals surface area (Å²) >= 11 is 3.33. The molecule has 6 heteroatoms.